The van der Waals surface area contributed by atoms with Crippen molar-refractivity contribution in [1.29, 1.82) is 0 Å². The van der Waals surface area contributed by atoms with Crippen LogP contribution in [-0.2, 0) is 6.61 Å². The quantitative estimate of drug-likeness (QED) is 0.525. The van der Waals surface area contributed by atoms with Gasteiger partial charge in [-0.05, 0) is 55.1 Å². The van der Waals surface area contributed by atoms with Gasteiger partial charge in [-0.25, -0.2) is 0 Å². The number of thiophene rings is 1. The Hall–Kier alpha value is -2.01. The van der Waals surface area contributed by atoms with E-state index in [-0.39, 0.29) is 5.91 Å². The number of hydrogen-bond donors (Lipinski definition) is 1. The highest BCUT2D eigenvalue weighted by Gasteiger charge is 2.11. The number of carbonyl (C=O) groups is 1. The van der Waals surface area contributed by atoms with Crippen molar-refractivity contribution in [2.24, 2.45) is 0 Å². The topological polar surface area (TPSA) is 38.3 Å². The second-order valence-corrected chi connectivity index (χ2v) is 7.69. The molecule has 0 atom stereocenters. The summed E-state index contributed by atoms with van der Waals surface area (Å²) in [6, 6.07) is 12.9. The maximum absolute atomic E-state index is 12.4. The van der Waals surface area contributed by atoms with Crippen molar-refractivity contribution in [3.8, 4) is 5.75 Å². The highest BCUT2D eigenvalue weighted by Crippen LogP contribution is 2.26. The van der Waals surface area contributed by atoms with Crippen molar-refractivity contribution in [3.05, 3.63) is 79.5 Å². The van der Waals surface area contributed by atoms with Gasteiger partial charge in [0.25, 0.3) is 5.91 Å². The molecule has 1 heterocycles. The average molecular weight is 406 g/mol. The van der Waals surface area contributed by atoms with E-state index in [4.69, 9.17) is 27.9 Å². The van der Waals surface area contributed by atoms with Crippen molar-refractivity contribution in [2.45, 2.75) is 20.5 Å². The average Bonchev–Trinajstić information content (AvgIpc) is 3.06. The fourth-order valence-electron chi connectivity index (χ4n) is 2.46. The first-order chi connectivity index (χ1) is 12.4. The lowest BCUT2D eigenvalue weighted by atomic mass is 10.1. The number of aryl methyl sites for hydroxylation is 2. The lowest BCUT2D eigenvalue weighted by molar-refractivity contribution is 0.103. The van der Waals surface area contributed by atoms with Crippen molar-refractivity contribution in [2.75, 3.05) is 5.32 Å². The minimum Gasteiger partial charge on any atom is -0.489 e. The third-order valence-corrected chi connectivity index (χ3v) is 5.50. The van der Waals surface area contributed by atoms with E-state index in [1.165, 1.54) is 16.9 Å². The summed E-state index contributed by atoms with van der Waals surface area (Å²) in [4.78, 5) is 13.0. The molecule has 0 bridgehead atoms. The van der Waals surface area contributed by atoms with Crippen molar-refractivity contribution in [3.63, 3.8) is 0 Å². The maximum atomic E-state index is 12.4. The second-order valence-electron chi connectivity index (χ2n) is 5.96. The van der Waals surface area contributed by atoms with Gasteiger partial charge in [-0.3, -0.25) is 4.79 Å². The van der Waals surface area contributed by atoms with Crippen LogP contribution in [0.25, 0.3) is 0 Å². The lowest BCUT2D eigenvalue weighted by Crippen LogP contribution is -2.10. The molecule has 0 aliphatic heterocycles. The number of anilines is 1. The lowest BCUT2D eigenvalue weighted by Gasteiger charge is -2.08. The molecule has 26 heavy (non-hydrogen) atoms. The molecule has 0 fully saturated rings. The standard InChI is InChI=1S/C20H17Cl2NO2S/c1-12-3-6-18(13(2)7-12)25-10-14-8-19(26-11-14)20(24)23-15-4-5-16(21)17(22)9-15/h3-9,11H,10H2,1-2H3,(H,23,24). The van der Waals surface area contributed by atoms with E-state index >= 15 is 0 Å². The van der Waals surface area contributed by atoms with Gasteiger partial charge in [-0.2, -0.15) is 0 Å². The highest BCUT2D eigenvalue weighted by molar-refractivity contribution is 7.12. The first-order valence-corrected chi connectivity index (χ1v) is 9.60. The van der Waals surface area contributed by atoms with Gasteiger partial charge < -0.3 is 10.1 Å². The van der Waals surface area contributed by atoms with Crippen LogP contribution in [0.2, 0.25) is 10.0 Å². The summed E-state index contributed by atoms with van der Waals surface area (Å²) in [5, 5.41) is 5.59. The molecule has 134 valence electrons. The number of rotatable bonds is 5. The number of ether oxygens (including phenoxy) is 1. The van der Waals surface area contributed by atoms with E-state index in [1.54, 1.807) is 18.2 Å². The predicted molar refractivity (Wildman–Crippen MR) is 109 cm³/mol. The summed E-state index contributed by atoms with van der Waals surface area (Å²) in [6.07, 6.45) is 0. The first-order valence-electron chi connectivity index (χ1n) is 7.96. The third-order valence-electron chi connectivity index (χ3n) is 3.78. The van der Waals surface area contributed by atoms with Gasteiger partial charge in [-0.1, -0.05) is 40.9 Å². The van der Waals surface area contributed by atoms with Crippen LogP contribution in [0.1, 0.15) is 26.4 Å². The van der Waals surface area contributed by atoms with Crippen molar-refractivity contribution >= 4 is 46.1 Å². The largest absolute Gasteiger partial charge is 0.489 e. The minimum absolute atomic E-state index is 0.189. The summed E-state index contributed by atoms with van der Waals surface area (Å²) in [5.74, 6) is 0.662. The Morgan fingerprint density at radius 3 is 2.62 bits per heavy atom. The smallest absolute Gasteiger partial charge is 0.265 e. The van der Waals surface area contributed by atoms with E-state index in [2.05, 4.69) is 18.3 Å². The molecule has 3 nitrogen and oxygen atoms in total. The molecule has 6 heteroatoms. The number of benzene rings is 2. The zero-order chi connectivity index (χ0) is 18.7. The van der Waals surface area contributed by atoms with Crippen LogP contribution < -0.4 is 10.1 Å². The molecule has 3 aromatic rings. The van der Waals surface area contributed by atoms with Crippen LogP contribution >= 0.6 is 34.5 Å². The normalized spacial score (nSPS) is 10.6. The Labute approximate surface area is 166 Å². The molecular formula is C20H17Cl2NO2S. The summed E-state index contributed by atoms with van der Waals surface area (Å²) in [6.45, 7) is 4.49. The Bertz CT molecular complexity index is 953. The van der Waals surface area contributed by atoms with E-state index in [0.29, 0.717) is 27.2 Å². The first kappa shape index (κ1) is 18.8. The molecule has 1 aromatic heterocycles. The molecule has 3 rings (SSSR count). The summed E-state index contributed by atoms with van der Waals surface area (Å²) in [7, 11) is 0. The van der Waals surface area contributed by atoms with E-state index in [9.17, 15) is 4.79 Å². The van der Waals surface area contributed by atoms with Gasteiger partial charge >= 0.3 is 0 Å². The number of amides is 1. The fourth-order valence-corrected chi connectivity index (χ4v) is 3.55. The third kappa shape index (κ3) is 4.58. The molecule has 0 saturated heterocycles. The maximum Gasteiger partial charge on any atom is 0.265 e. The molecule has 2 aromatic carbocycles. The number of nitrogens with one attached hydrogen (secondary N) is 1. The predicted octanol–water partition coefficient (Wildman–Crippen LogP) is 6.50. The van der Waals surface area contributed by atoms with Crippen LogP contribution in [-0.4, -0.2) is 5.91 Å². The number of carbonyl (C=O) groups excluding carboxylic acids is 1. The summed E-state index contributed by atoms with van der Waals surface area (Å²) < 4.78 is 5.86. The minimum atomic E-state index is -0.189. The molecule has 0 aliphatic carbocycles. The SMILES string of the molecule is Cc1ccc(OCc2csc(C(=O)Nc3ccc(Cl)c(Cl)c3)c2)c(C)c1. The van der Waals surface area contributed by atoms with Gasteiger partial charge in [0.1, 0.15) is 12.4 Å². The Morgan fingerprint density at radius 1 is 1.08 bits per heavy atom. The molecule has 0 spiro atoms. The molecule has 0 saturated carbocycles. The molecule has 0 radical (unpaired) electrons. The summed E-state index contributed by atoms with van der Waals surface area (Å²) >= 11 is 13.2. The van der Waals surface area contributed by atoms with Crippen LogP contribution in [0, 0.1) is 13.8 Å². The second kappa shape index (κ2) is 8.12. The number of halogens is 2. The van der Waals surface area contributed by atoms with E-state index < -0.39 is 0 Å². The molecule has 0 aliphatic rings. The fraction of sp³-hybridized carbons (Fsp3) is 0.150. The van der Waals surface area contributed by atoms with Gasteiger partial charge in [0, 0.05) is 11.3 Å². The molecule has 1 N–H and O–H groups in total. The van der Waals surface area contributed by atoms with Gasteiger partial charge in [0.15, 0.2) is 0 Å². The Kier molecular flexibility index (Phi) is 5.87. The Morgan fingerprint density at radius 2 is 1.88 bits per heavy atom. The molecule has 0 unspecified atom stereocenters. The zero-order valence-corrected chi connectivity index (χ0v) is 16.6. The monoisotopic (exact) mass is 405 g/mol. The van der Waals surface area contributed by atoms with E-state index in [1.807, 2.05) is 30.5 Å². The van der Waals surface area contributed by atoms with E-state index in [0.717, 1.165) is 16.9 Å². The zero-order valence-electron chi connectivity index (χ0n) is 14.3. The van der Waals surface area contributed by atoms with Gasteiger partial charge in [0.2, 0.25) is 0 Å². The van der Waals surface area contributed by atoms with Crippen LogP contribution in [0.3, 0.4) is 0 Å². The summed E-state index contributed by atoms with van der Waals surface area (Å²) in [5.41, 5.74) is 3.85. The van der Waals surface area contributed by atoms with Crippen molar-refractivity contribution in [1.82, 2.24) is 0 Å². The molecular weight excluding hydrogens is 389 g/mol. The van der Waals surface area contributed by atoms with Crippen LogP contribution in [0.15, 0.2) is 47.8 Å². The van der Waals surface area contributed by atoms with Crippen LogP contribution in [0.5, 0.6) is 5.75 Å². The highest BCUT2D eigenvalue weighted by atomic mass is 35.5. The Balaban J connectivity index is 1.63. The van der Waals surface area contributed by atoms with Crippen LogP contribution in [0.4, 0.5) is 5.69 Å². The number of hydrogen-bond acceptors (Lipinski definition) is 3. The van der Waals surface area contributed by atoms with Gasteiger partial charge in [0.05, 0.1) is 14.9 Å². The van der Waals surface area contributed by atoms with Crippen molar-refractivity contribution < 1.29 is 9.53 Å². The van der Waals surface area contributed by atoms with Gasteiger partial charge in [-0.15, -0.1) is 11.3 Å². The molecule has 1 amide bonds.